The molecule has 0 aromatic heterocycles. The lowest BCUT2D eigenvalue weighted by Gasteiger charge is -2.42. The highest BCUT2D eigenvalue weighted by Gasteiger charge is 2.37. The van der Waals surface area contributed by atoms with Gasteiger partial charge in [0, 0.05) is 11.3 Å². The number of fused-ring (bicyclic) bond motifs is 1. The topological polar surface area (TPSA) is 72.2 Å². The van der Waals surface area contributed by atoms with Crippen LogP contribution in [0.5, 0.6) is 0 Å². The summed E-state index contributed by atoms with van der Waals surface area (Å²) < 4.78 is 0. The van der Waals surface area contributed by atoms with Gasteiger partial charge in [-0.2, -0.15) is 0 Å². The highest BCUT2D eigenvalue weighted by molar-refractivity contribution is 8.18. The molecule has 1 heterocycles. The summed E-state index contributed by atoms with van der Waals surface area (Å²) in [5.74, 6) is -0.350. The number of benzene rings is 2. The number of nitrogen functional groups attached to an aromatic ring is 1. The predicted octanol–water partition coefficient (Wildman–Crippen LogP) is 5.92. The maximum absolute atomic E-state index is 11.9. The number of aryl methyl sites for hydroxylation is 1. The van der Waals surface area contributed by atoms with Gasteiger partial charge in [-0.05, 0) is 94.4 Å². The van der Waals surface area contributed by atoms with Crippen LogP contribution in [0.1, 0.15) is 62.8 Å². The molecule has 0 spiro atoms. The van der Waals surface area contributed by atoms with Crippen molar-refractivity contribution in [2.45, 2.75) is 58.3 Å². The maximum atomic E-state index is 11.9. The summed E-state index contributed by atoms with van der Waals surface area (Å²) in [4.78, 5) is 23.8. The molecule has 0 saturated carbocycles. The number of amides is 2. The molecule has 0 unspecified atom stereocenters. The number of anilines is 1. The number of imide groups is 1. The fraction of sp³-hybridized carbons (Fsp3) is 0.360. The lowest BCUT2D eigenvalue weighted by atomic mass is 9.62. The van der Waals surface area contributed by atoms with Crippen LogP contribution in [-0.4, -0.2) is 11.1 Å². The summed E-state index contributed by atoms with van der Waals surface area (Å²) in [6, 6.07) is 10.4. The summed E-state index contributed by atoms with van der Waals surface area (Å²) in [6.07, 6.45) is 4.07. The summed E-state index contributed by atoms with van der Waals surface area (Å²) in [7, 11) is 0. The van der Waals surface area contributed by atoms with E-state index in [9.17, 15) is 9.59 Å². The van der Waals surface area contributed by atoms with Crippen LogP contribution in [0.25, 0.3) is 17.2 Å². The van der Waals surface area contributed by atoms with E-state index in [0.29, 0.717) is 10.6 Å². The van der Waals surface area contributed by atoms with E-state index in [1.807, 2.05) is 18.2 Å². The SMILES string of the molecule is Cc1cc2c(cc1-c1cc(C=C3SC(=O)NC3=O)ccc1N)C(C)(C)CCC2(C)C. The van der Waals surface area contributed by atoms with Crippen molar-refractivity contribution in [3.63, 3.8) is 0 Å². The van der Waals surface area contributed by atoms with Gasteiger partial charge in [-0.15, -0.1) is 0 Å². The molecular weight excluding hydrogens is 392 g/mol. The van der Waals surface area contributed by atoms with Gasteiger partial charge in [-0.1, -0.05) is 39.8 Å². The first kappa shape index (κ1) is 20.7. The van der Waals surface area contributed by atoms with Crippen LogP contribution in [0.15, 0.2) is 35.2 Å². The van der Waals surface area contributed by atoms with E-state index in [0.717, 1.165) is 34.9 Å². The molecule has 1 saturated heterocycles. The van der Waals surface area contributed by atoms with Crippen molar-refractivity contribution in [1.82, 2.24) is 5.32 Å². The molecule has 3 N–H and O–H groups in total. The molecule has 2 amide bonds. The van der Waals surface area contributed by atoms with Gasteiger partial charge in [0.05, 0.1) is 4.91 Å². The van der Waals surface area contributed by atoms with E-state index in [-0.39, 0.29) is 22.0 Å². The lowest BCUT2D eigenvalue weighted by molar-refractivity contribution is -0.115. The molecule has 30 heavy (non-hydrogen) atoms. The average molecular weight is 421 g/mol. The van der Waals surface area contributed by atoms with Gasteiger partial charge in [0.1, 0.15) is 0 Å². The van der Waals surface area contributed by atoms with Gasteiger partial charge >= 0.3 is 0 Å². The Hall–Kier alpha value is -2.53. The Kier molecular flexibility index (Phi) is 4.85. The molecule has 0 radical (unpaired) electrons. The highest BCUT2D eigenvalue weighted by Crippen LogP contribution is 2.48. The zero-order valence-corrected chi connectivity index (χ0v) is 19.0. The zero-order chi connectivity index (χ0) is 21.8. The Labute approximate surface area is 182 Å². The van der Waals surface area contributed by atoms with Crippen molar-refractivity contribution in [3.8, 4) is 11.1 Å². The predicted molar refractivity (Wildman–Crippen MR) is 125 cm³/mol. The molecule has 1 aliphatic carbocycles. The lowest BCUT2D eigenvalue weighted by Crippen LogP contribution is -2.34. The fourth-order valence-electron chi connectivity index (χ4n) is 4.48. The summed E-state index contributed by atoms with van der Waals surface area (Å²) in [5, 5.41) is 1.96. The molecule has 4 nitrogen and oxygen atoms in total. The van der Waals surface area contributed by atoms with Crippen LogP contribution in [0.2, 0.25) is 0 Å². The Bertz CT molecular complexity index is 1110. The van der Waals surface area contributed by atoms with E-state index < -0.39 is 0 Å². The van der Waals surface area contributed by atoms with E-state index in [1.165, 1.54) is 23.1 Å². The molecular formula is C25H28N2O2S. The minimum atomic E-state index is -0.350. The van der Waals surface area contributed by atoms with Crippen LogP contribution >= 0.6 is 11.8 Å². The molecule has 4 rings (SSSR count). The minimum Gasteiger partial charge on any atom is -0.398 e. The molecule has 0 bridgehead atoms. The van der Waals surface area contributed by atoms with Crippen molar-refractivity contribution in [3.05, 3.63) is 57.5 Å². The molecule has 0 atom stereocenters. The quantitative estimate of drug-likeness (QED) is 0.467. The molecule has 5 heteroatoms. The van der Waals surface area contributed by atoms with Crippen molar-refractivity contribution in [2.75, 3.05) is 5.73 Å². The summed E-state index contributed by atoms with van der Waals surface area (Å²) in [6.45, 7) is 11.4. The van der Waals surface area contributed by atoms with Crippen LogP contribution in [-0.2, 0) is 15.6 Å². The first-order chi connectivity index (χ1) is 14.0. The van der Waals surface area contributed by atoms with Gasteiger partial charge in [-0.25, -0.2) is 0 Å². The van der Waals surface area contributed by atoms with Gasteiger partial charge in [-0.3, -0.25) is 14.9 Å². The number of carbonyl (C=O) groups excluding carboxylic acids is 2. The number of thioether (sulfide) groups is 1. The van der Waals surface area contributed by atoms with Crippen LogP contribution in [0.3, 0.4) is 0 Å². The minimum absolute atomic E-state index is 0.112. The van der Waals surface area contributed by atoms with Crippen molar-refractivity contribution in [2.24, 2.45) is 0 Å². The molecule has 2 aromatic rings. The molecule has 2 aliphatic rings. The Morgan fingerprint density at radius 3 is 2.20 bits per heavy atom. The van der Waals surface area contributed by atoms with Crippen molar-refractivity contribution in [1.29, 1.82) is 0 Å². The second kappa shape index (κ2) is 7.02. The second-order valence-corrected chi connectivity index (χ2v) is 10.7. The number of hydrogen-bond donors (Lipinski definition) is 2. The Morgan fingerprint density at radius 2 is 1.60 bits per heavy atom. The van der Waals surface area contributed by atoms with E-state index in [1.54, 1.807) is 6.08 Å². The second-order valence-electron chi connectivity index (χ2n) is 9.68. The first-order valence-electron chi connectivity index (χ1n) is 10.3. The third-order valence-electron chi connectivity index (χ3n) is 6.51. The maximum Gasteiger partial charge on any atom is 0.290 e. The number of nitrogens with one attached hydrogen (secondary N) is 1. The van der Waals surface area contributed by atoms with Gasteiger partial charge in [0.15, 0.2) is 0 Å². The monoisotopic (exact) mass is 420 g/mol. The highest BCUT2D eigenvalue weighted by atomic mass is 32.2. The average Bonchev–Trinajstić information content (AvgIpc) is 2.97. The fourth-order valence-corrected chi connectivity index (χ4v) is 5.16. The standard InChI is InChI=1S/C25H28N2O2S/c1-14-10-18-19(25(4,5)9-8-24(18,2)3)13-16(14)17-11-15(6-7-20(17)26)12-21-22(28)27-23(29)30-21/h6-7,10-13H,8-9,26H2,1-5H3,(H,27,28,29). The normalized spacial score (nSPS) is 20.9. The zero-order valence-electron chi connectivity index (χ0n) is 18.2. The van der Waals surface area contributed by atoms with Crippen LogP contribution in [0, 0.1) is 6.92 Å². The third kappa shape index (κ3) is 3.56. The van der Waals surface area contributed by atoms with Crippen LogP contribution in [0.4, 0.5) is 10.5 Å². The third-order valence-corrected chi connectivity index (χ3v) is 7.32. The smallest absolute Gasteiger partial charge is 0.290 e. The molecule has 1 fully saturated rings. The first-order valence-corrected chi connectivity index (χ1v) is 11.1. The van der Waals surface area contributed by atoms with Crippen molar-refractivity contribution < 1.29 is 9.59 Å². The molecule has 1 aliphatic heterocycles. The molecule has 2 aromatic carbocycles. The van der Waals surface area contributed by atoms with Gasteiger partial charge < -0.3 is 5.73 Å². The summed E-state index contributed by atoms with van der Waals surface area (Å²) in [5.41, 5.74) is 14.3. The van der Waals surface area contributed by atoms with Crippen LogP contribution < -0.4 is 11.1 Å². The van der Waals surface area contributed by atoms with Gasteiger partial charge in [0.25, 0.3) is 11.1 Å². The van der Waals surface area contributed by atoms with Crippen molar-refractivity contribution >= 4 is 34.7 Å². The number of carbonyl (C=O) groups is 2. The summed E-state index contributed by atoms with van der Waals surface area (Å²) >= 11 is 0.926. The van der Waals surface area contributed by atoms with E-state index >= 15 is 0 Å². The number of rotatable bonds is 2. The van der Waals surface area contributed by atoms with E-state index in [2.05, 4.69) is 52.1 Å². The number of hydrogen-bond acceptors (Lipinski definition) is 4. The molecule has 156 valence electrons. The van der Waals surface area contributed by atoms with E-state index in [4.69, 9.17) is 5.73 Å². The Morgan fingerprint density at radius 1 is 0.967 bits per heavy atom. The number of nitrogens with two attached hydrogens (primary N) is 1. The Balaban J connectivity index is 1.84. The van der Waals surface area contributed by atoms with Gasteiger partial charge in [0.2, 0.25) is 0 Å². The largest absolute Gasteiger partial charge is 0.398 e.